The molecule has 8 heteroatoms. The van der Waals surface area contributed by atoms with Crippen LogP contribution in [0.5, 0.6) is 5.75 Å². The molecule has 174 valence electrons. The van der Waals surface area contributed by atoms with Gasteiger partial charge in [-0.2, -0.15) is 0 Å². The van der Waals surface area contributed by atoms with E-state index in [4.69, 9.17) is 10.5 Å². The molecule has 0 bridgehead atoms. The van der Waals surface area contributed by atoms with Crippen molar-refractivity contribution >= 4 is 28.4 Å². The van der Waals surface area contributed by atoms with Crippen molar-refractivity contribution in [2.45, 2.75) is 26.4 Å². The molecule has 1 aromatic heterocycles. The van der Waals surface area contributed by atoms with E-state index in [0.29, 0.717) is 26.2 Å². The van der Waals surface area contributed by atoms with Crippen LogP contribution in [0.25, 0.3) is 10.9 Å². The van der Waals surface area contributed by atoms with Crippen LogP contribution in [0.1, 0.15) is 16.8 Å². The summed E-state index contributed by atoms with van der Waals surface area (Å²) in [5.41, 5.74) is 11.2. The van der Waals surface area contributed by atoms with Gasteiger partial charge in [-0.25, -0.2) is 0 Å². The van der Waals surface area contributed by atoms with Crippen molar-refractivity contribution in [3.05, 3.63) is 59.3 Å². The molecule has 2 heterocycles. The molecular formula is C25H31N5O3. The molecule has 4 N–H and O–H groups in total. The Labute approximate surface area is 193 Å². The first kappa shape index (κ1) is 22.7. The summed E-state index contributed by atoms with van der Waals surface area (Å²) in [5.74, 6) is 0.229. The van der Waals surface area contributed by atoms with Gasteiger partial charge in [-0.3, -0.25) is 14.5 Å². The van der Waals surface area contributed by atoms with Crippen molar-refractivity contribution in [1.82, 2.24) is 15.2 Å². The zero-order chi connectivity index (χ0) is 23.5. The highest BCUT2D eigenvalue weighted by atomic mass is 16.5. The summed E-state index contributed by atoms with van der Waals surface area (Å²) in [5, 5.41) is 4.15. The minimum Gasteiger partial charge on any atom is -0.497 e. The number of nitrogens with one attached hydrogen (secondary N) is 2. The highest BCUT2D eigenvalue weighted by molar-refractivity contribution is 5.85. The van der Waals surface area contributed by atoms with E-state index in [0.717, 1.165) is 28.2 Å². The molecule has 33 heavy (non-hydrogen) atoms. The third kappa shape index (κ3) is 4.96. The number of aromatic nitrogens is 1. The number of methoxy groups -OCH3 is 1. The molecule has 0 saturated carbocycles. The van der Waals surface area contributed by atoms with Gasteiger partial charge in [0.05, 0.1) is 13.7 Å². The molecule has 1 aliphatic heterocycles. The van der Waals surface area contributed by atoms with Crippen LogP contribution < -0.4 is 20.7 Å². The highest BCUT2D eigenvalue weighted by Gasteiger charge is 2.32. The van der Waals surface area contributed by atoms with Crippen LogP contribution >= 0.6 is 0 Å². The number of nitrogens with zero attached hydrogens (tertiary/aromatic N) is 2. The SMILES string of the molecule is COc1ccc(N2CCN(CC(=O)NCc3ccc4[nH]c(C)c(C)c4c3)[C@@H](C(N)=O)C2)cc1. The van der Waals surface area contributed by atoms with Gasteiger partial charge in [0.1, 0.15) is 11.8 Å². The normalized spacial score (nSPS) is 16.7. The lowest BCUT2D eigenvalue weighted by Gasteiger charge is -2.40. The van der Waals surface area contributed by atoms with Crippen LogP contribution in [0.2, 0.25) is 0 Å². The van der Waals surface area contributed by atoms with Gasteiger partial charge < -0.3 is 25.7 Å². The molecule has 3 aromatic rings. The highest BCUT2D eigenvalue weighted by Crippen LogP contribution is 2.23. The molecular weight excluding hydrogens is 418 g/mol. The second-order valence-corrected chi connectivity index (χ2v) is 8.56. The predicted molar refractivity (Wildman–Crippen MR) is 129 cm³/mol. The second-order valence-electron chi connectivity index (χ2n) is 8.56. The van der Waals surface area contributed by atoms with Crippen molar-refractivity contribution in [3.63, 3.8) is 0 Å². The fourth-order valence-corrected chi connectivity index (χ4v) is 4.37. The number of aryl methyl sites for hydroxylation is 2. The number of hydrogen-bond acceptors (Lipinski definition) is 5. The second kappa shape index (κ2) is 9.54. The third-order valence-corrected chi connectivity index (χ3v) is 6.47. The molecule has 8 nitrogen and oxygen atoms in total. The first-order chi connectivity index (χ1) is 15.9. The number of H-pyrrole nitrogens is 1. The van der Waals surface area contributed by atoms with E-state index in [-0.39, 0.29) is 12.5 Å². The maximum atomic E-state index is 12.7. The number of rotatable bonds is 7. The predicted octanol–water partition coefficient (Wildman–Crippen LogP) is 2.09. The van der Waals surface area contributed by atoms with Gasteiger partial charge in [0.2, 0.25) is 11.8 Å². The number of carbonyl (C=O) groups is 2. The summed E-state index contributed by atoms with van der Waals surface area (Å²) < 4.78 is 5.21. The van der Waals surface area contributed by atoms with Gasteiger partial charge >= 0.3 is 0 Å². The molecule has 0 spiro atoms. The monoisotopic (exact) mass is 449 g/mol. The standard InChI is InChI=1S/C25H31N5O3/c1-16-17(2)28-22-9-4-18(12-21(16)22)13-27-24(31)15-30-11-10-29(14-23(30)25(26)32)19-5-7-20(33-3)8-6-19/h4-9,12,23,28H,10-11,13-15H2,1-3H3,(H2,26,32)(H,27,31)/t23-/m1/s1. The molecule has 2 amide bonds. The first-order valence-corrected chi connectivity index (χ1v) is 11.1. The molecule has 1 fully saturated rings. The Morgan fingerprint density at radius 1 is 1.15 bits per heavy atom. The van der Waals surface area contributed by atoms with Crippen LogP contribution in [0, 0.1) is 13.8 Å². The Morgan fingerprint density at radius 2 is 1.91 bits per heavy atom. The van der Waals surface area contributed by atoms with E-state index in [9.17, 15) is 9.59 Å². The van der Waals surface area contributed by atoms with Crippen LogP contribution in [0.3, 0.4) is 0 Å². The Kier molecular flexibility index (Phi) is 6.55. The van der Waals surface area contributed by atoms with Gasteiger partial charge in [0, 0.05) is 48.5 Å². The molecule has 0 aliphatic carbocycles. The number of hydrogen-bond donors (Lipinski definition) is 3. The number of anilines is 1. The average Bonchev–Trinajstić information content (AvgIpc) is 3.11. The van der Waals surface area contributed by atoms with E-state index in [2.05, 4.69) is 35.1 Å². The van der Waals surface area contributed by atoms with E-state index in [1.807, 2.05) is 41.3 Å². The van der Waals surface area contributed by atoms with Crippen LogP contribution in [-0.4, -0.2) is 61.0 Å². The number of ether oxygens (including phenoxy) is 1. The zero-order valence-electron chi connectivity index (χ0n) is 19.4. The van der Waals surface area contributed by atoms with Gasteiger partial charge in [-0.05, 0) is 61.4 Å². The van der Waals surface area contributed by atoms with Gasteiger partial charge in [-0.15, -0.1) is 0 Å². The lowest BCUT2D eigenvalue weighted by Crippen LogP contribution is -2.60. The summed E-state index contributed by atoms with van der Waals surface area (Å²) in [6, 6.07) is 13.3. The van der Waals surface area contributed by atoms with Crippen molar-refractivity contribution in [3.8, 4) is 5.75 Å². The quantitative estimate of drug-likeness (QED) is 0.512. The molecule has 1 aliphatic rings. The molecule has 1 saturated heterocycles. The number of piperazine rings is 1. The number of aromatic amines is 1. The molecule has 0 unspecified atom stereocenters. The first-order valence-electron chi connectivity index (χ1n) is 11.1. The van der Waals surface area contributed by atoms with Crippen molar-refractivity contribution in [1.29, 1.82) is 0 Å². The summed E-state index contributed by atoms with van der Waals surface area (Å²) in [4.78, 5) is 32.2. The van der Waals surface area contributed by atoms with Crippen LogP contribution in [0.15, 0.2) is 42.5 Å². The molecule has 2 aromatic carbocycles. The third-order valence-electron chi connectivity index (χ3n) is 6.47. The van der Waals surface area contributed by atoms with Crippen molar-refractivity contribution < 1.29 is 14.3 Å². The Bertz CT molecular complexity index is 1150. The summed E-state index contributed by atoms with van der Waals surface area (Å²) in [6.07, 6.45) is 0. The Balaban J connectivity index is 1.36. The number of nitrogens with two attached hydrogens (primary N) is 1. The smallest absolute Gasteiger partial charge is 0.236 e. The van der Waals surface area contributed by atoms with E-state index >= 15 is 0 Å². The number of fused-ring (bicyclic) bond motifs is 1. The van der Waals surface area contributed by atoms with E-state index in [1.165, 1.54) is 10.9 Å². The van der Waals surface area contributed by atoms with Gasteiger partial charge in [-0.1, -0.05) is 6.07 Å². The number of benzene rings is 2. The lowest BCUT2D eigenvalue weighted by molar-refractivity contribution is -0.127. The average molecular weight is 450 g/mol. The fourth-order valence-electron chi connectivity index (χ4n) is 4.37. The summed E-state index contributed by atoms with van der Waals surface area (Å²) in [7, 11) is 1.63. The number of primary amides is 1. The van der Waals surface area contributed by atoms with Crippen LogP contribution in [-0.2, 0) is 16.1 Å². The zero-order valence-corrected chi connectivity index (χ0v) is 19.4. The maximum Gasteiger partial charge on any atom is 0.236 e. The largest absolute Gasteiger partial charge is 0.497 e. The van der Waals surface area contributed by atoms with Gasteiger partial charge in [0.25, 0.3) is 0 Å². The summed E-state index contributed by atoms with van der Waals surface area (Å²) in [6.45, 7) is 6.43. The van der Waals surface area contributed by atoms with Gasteiger partial charge in [0.15, 0.2) is 0 Å². The molecule has 0 radical (unpaired) electrons. The molecule has 1 atom stereocenters. The number of carbonyl (C=O) groups excluding carboxylic acids is 2. The lowest BCUT2D eigenvalue weighted by atomic mass is 10.1. The Hall–Kier alpha value is -3.52. The minimum atomic E-state index is -0.534. The topological polar surface area (TPSA) is 104 Å². The fraction of sp³-hybridized carbons (Fsp3) is 0.360. The van der Waals surface area contributed by atoms with E-state index < -0.39 is 11.9 Å². The Morgan fingerprint density at radius 3 is 2.61 bits per heavy atom. The van der Waals surface area contributed by atoms with Crippen LogP contribution in [0.4, 0.5) is 5.69 Å². The van der Waals surface area contributed by atoms with Crippen molar-refractivity contribution in [2.24, 2.45) is 5.73 Å². The number of amides is 2. The minimum absolute atomic E-state index is 0.124. The van der Waals surface area contributed by atoms with E-state index in [1.54, 1.807) is 7.11 Å². The summed E-state index contributed by atoms with van der Waals surface area (Å²) >= 11 is 0. The van der Waals surface area contributed by atoms with Crippen molar-refractivity contribution in [2.75, 3.05) is 38.2 Å². The molecule has 4 rings (SSSR count). The maximum absolute atomic E-state index is 12.7.